The maximum Gasteiger partial charge on any atom is 0.302 e. The zero-order valence-electron chi connectivity index (χ0n) is 19.0. The number of hydrogen-bond donors (Lipinski definition) is 0. The van der Waals surface area contributed by atoms with Crippen LogP contribution in [-0.4, -0.2) is 17.9 Å². The first-order valence-corrected chi connectivity index (χ1v) is 12.1. The smallest absolute Gasteiger partial charge is 0.302 e. The molecule has 0 aliphatic heterocycles. The van der Waals surface area contributed by atoms with Gasteiger partial charge in [0.1, 0.15) is 11.9 Å². The summed E-state index contributed by atoms with van der Waals surface area (Å²) in [5, 5.41) is 0. The van der Waals surface area contributed by atoms with E-state index in [1.807, 2.05) is 13.0 Å². The first-order chi connectivity index (χ1) is 14.3. The summed E-state index contributed by atoms with van der Waals surface area (Å²) in [5.74, 6) is 4.40. The molecule has 0 bridgehead atoms. The number of furan rings is 1. The number of hydrogen-bond acceptors (Lipinski definition) is 4. The van der Waals surface area contributed by atoms with Gasteiger partial charge in [0, 0.05) is 25.2 Å². The Labute approximate surface area is 180 Å². The Morgan fingerprint density at radius 3 is 2.60 bits per heavy atom. The van der Waals surface area contributed by atoms with Gasteiger partial charge in [-0.1, -0.05) is 20.8 Å². The number of carbonyl (C=O) groups is 2. The summed E-state index contributed by atoms with van der Waals surface area (Å²) in [6.45, 7) is 8.36. The van der Waals surface area contributed by atoms with Gasteiger partial charge >= 0.3 is 5.97 Å². The number of ether oxygens (including phenoxy) is 1. The number of Topliss-reactive ketones (excluding diaryl/α,β-unsaturated/α-hetero) is 1. The van der Waals surface area contributed by atoms with Crippen LogP contribution in [0.4, 0.5) is 0 Å². The zero-order chi connectivity index (χ0) is 21.3. The molecule has 0 unspecified atom stereocenters. The van der Waals surface area contributed by atoms with Crippen LogP contribution in [0.1, 0.15) is 94.5 Å². The van der Waals surface area contributed by atoms with Crippen molar-refractivity contribution in [2.75, 3.05) is 0 Å². The molecular formula is C26H36O4. The fourth-order valence-corrected chi connectivity index (χ4v) is 8.23. The lowest BCUT2D eigenvalue weighted by atomic mass is 9.45. The molecule has 4 heteroatoms. The average Bonchev–Trinajstić information content (AvgIpc) is 3.25. The predicted molar refractivity (Wildman–Crippen MR) is 114 cm³/mol. The Morgan fingerprint density at radius 1 is 1.10 bits per heavy atom. The van der Waals surface area contributed by atoms with E-state index in [-0.39, 0.29) is 28.7 Å². The van der Waals surface area contributed by atoms with Crippen LogP contribution in [0, 0.1) is 34.5 Å². The van der Waals surface area contributed by atoms with Gasteiger partial charge in [0.25, 0.3) is 0 Å². The van der Waals surface area contributed by atoms with Crippen LogP contribution in [0.3, 0.4) is 0 Å². The Balaban J connectivity index is 1.42. The van der Waals surface area contributed by atoms with E-state index in [1.54, 1.807) is 6.92 Å². The van der Waals surface area contributed by atoms with Gasteiger partial charge in [0.2, 0.25) is 0 Å². The topological polar surface area (TPSA) is 56.5 Å². The summed E-state index contributed by atoms with van der Waals surface area (Å²) in [7, 11) is 0. The molecule has 0 N–H and O–H groups in total. The molecule has 4 aliphatic rings. The second-order valence-electron chi connectivity index (χ2n) is 11.1. The maximum absolute atomic E-state index is 12.2. The summed E-state index contributed by atoms with van der Waals surface area (Å²) >= 11 is 0. The van der Waals surface area contributed by atoms with Crippen LogP contribution >= 0.6 is 0 Å². The van der Waals surface area contributed by atoms with E-state index in [0.717, 1.165) is 43.3 Å². The largest absolute Gasteiger partial charge is 0.462 e. The van der Waals surface area contributed by atoms with E-state index in [2.05, 4.69) is 13.8 Å². The van der Waals surface area contributed by atoms with Crippen molar-refractivity contribution in [3.63, 3.8) is 0 Å². The second-order valence-corrected chi connectivity index (χ2v) is 11.1. The van der Waals surface area contributed by atoms with Crippen molar-refractivity contribution < 1.29 is 18.7 Å². The van der Waals surface area contributed by atoms with Crippen molar-refractivity contribution >= 4 is 11.8 Å². The van der Waals surface area contributed by atoms with Crippen LogP contribution < -0.4 is 0 Å². The Kier molecular flexibility index (Phi) is 4.72. The van der Waals surface area contributed by atoms with Gasteiger partial charge in [-0.15, -0.1) is 0 Å². The fraction of sp³-hybridized carbons (Fsp3) is 0.769. The summed E-state index contributed by atoms with van der Waals surface area (Å²) in [4.78, 5) is 23.9. The maximum atomic E-state index is 12.2. The highest BCUT2D eigenvalue weighted by Gasteiger charge is 2.61. The third-order valence-electron chi connectivity index (χ3n) is 9.78. The lowest BCUT2D eigenvalue weighted by Gasteiger charge is -2.59. The minimum Gasteiger partial charge on any atom is -0.462 e. The molecule has 0 amide bonds. The van der Waals surface area contributed by atoms with Crippen LogP contribution in [0.2, 0.25) is 0 Å². The molecule has 0 aromatic carbocycles. The number of carbonyl (C=O) groups excluding carboxylic acids is 2. The SMILES string of the molecule is CCC(=O)c1cc2c(o1)C[C@@H]1CC[C@@H]3[C@H](CC[C@]4(C)[C@@H](OC(C)=O)CC[C@@H]34)[C@@]1(C)C2. The normalized spacial score (nSPS) is 41.9. The molecule has 30 heavy (non-hydrogen) atoms. The first-order valence-electron chi connectivity index (χ1n) is 12.1. The highest BCUT2D eigenvalue weighted by Crippen LogP contribution is 2.66. The molecule has 0 saturated heterocycles. The van der Waals surface area contributed by atoms with E-state index in [0.29, 0.717) is 24.0 Å². The number of fused-ring (bicyclic) bond motifs is 6. The van der Waals surface area contributed by atoms with Gasteiger partial charge in [-0.05, 0) is 85.7 Å². The van der Waals surface area contributed by atoms with Crippen molar-refractivity contribution in [1.82, 2.24) is 0 Å². The number of rotatable bonds is 3. The van der Waals surface area contributed by atoms with Gasteiger partial charge in [0.15, 0.2) is 11.5 Å². The van der Waals surface area contributed by atoms with Crippen LogP contribution in [0.25, 0.3) is 0 Å². The minimum absolute atomic E-state index is 0.0981. The first kappa shape index (κ1) is 20.3. The Bertz CT molecular complexity index is 868. The second kappa shape index (κ2) is 6.97. The lowest BCUT2D eigenvalue weighted by molar-refractivity contribution is -0.160. The van der Waals surface area contributed by atoms with Gasteiger partial charge in [0.05, 0.1) is 0 Å². The van der Waals surface area contributed by atoms with Crippen molar-refractivity contribution in [2.24, 2.45) is 34.5 Å². The van der Waals surface area contributed by atoms with Crippen LogP contribution in [-0.2, 0) is 22.4 Å². The molecule has 164 valence electrons. The summed E-state index contributed by atoms with van der Waals surface area (Å²) < 4.78 is 11.8. The van der Waals surface area contributed by atoms with E-state index < -0.39 is 0 Å². The lowest BCUT2D eigenvalue weighted by Crippen LogP contribution is -2.54. The number of ketones is 1. The third kappa shape index (κ3) is 2.85. The van der Waals surface area contributed by atoms with Gasteiger partial charge in [-0.3, -0.25) is 9.59 Å². The van der Waals surface area contributed by atoms with Crippen molar-refractivity contribution in [3.05, 3.63) is 23.2 Å². The quantitative estimate of drug-likeness (QED) is 0.468. The van der Waals surface area contributed by atoms with Gasteiger partial charge in [-0.25, -0.2) is 0 Å². The molecular weight excluding hydrogens is 376 g/mol. The molecule has 1 aromatic rings. The van der Waals surface area contributed by atoms with E-state index in [9.17, 15) is 9.59 Å². The summed E-state index contributed by atoms with van der Waals surface area (Å²) in [5.41, 5.74) is 1.71. The standard InChI is InChI=1S/C26H36O4/c1-5-21(28)23-12-16-14-26(4)17(13-22(16)30-23)6-7-18-19-8-9-24(29-15(2)27)25(19,3)11-10-20(18)26/h12,17-20,24H,5-11,13-14H2,1-4H3/t17-,18-,19-,20-,24-,25-,26-/m0/s1. The van der Waals surface area contributed by atoms with Crippen LogP contribution in [0.15, 0.2) is 10.5 Å². The number of esters is 1. The zero-order valence-corrected chi connectivity index (χ0v) is 19.0. The third-order valence-corrected chi connectivity index (χ3v) is 9.78. The highest BCUT2D eigenvalue weighted by atomic mass is 16.5. The molecule has 4 aliphatic carbocycles. The van der Waals surface area contributed by atoms with E-state index in [1.165, 1.54) is 31.2 Å². The molecule has 7 atom stereocenters. The summed E-state index contributed by atoms with van der Waals surface area (Å²) in [6, 6.07) is 2.05. The monoisotopic (exact) mass is 412 g/mol. The molecule has 3 fully saturated rings. The fourth-order valence-electron chi connectivity index (χ4n) is 8.23. The van der Waals surface area contributed by atoms with Crippen molar-refractivity contribution in [1.29, 1.82) is 0 Å². The van der Waals surface area contributed by atoms with Crippen LogP contribution in [0.5, 0.6) is 0 Å². The minimum atomic E-state index is -0.128. The molecule has 0 spiro atoms. The molecule has 1 heterocycles. The molecule has 4 nitrogen and oxygen atoms in total. The van der Waals surface area contributed by atoms with Crippen molar-refractivity contribution in [2.45, 2.75) is 91.6 Å². The van der Waals surface area contributed by atoms with Gasteiger partial charge in [-0.2, -0.15) is 0 Å². The average molecular weight is 413 g/mol. The van der Waals surface area contributed by atoms with Gasteiger partial charge < -0.3 is 9.15 Å². The Hall–Kier alpha value is -1.58. The molecule has 3 saturated carbocycles. The van der Waals surface area contributed by atoms with E-state index in [4.69, 9.17) is 9.15 Å². The molecule has 1 aromatic heterocycles. The van der Waals surface area contributed by atoms with Crippen molar-refractivity contribution in [3.8, 4) is 0 Å². The molecule has 5 rings (SSSR count). The Morgan fingerprint density at radius 2 is 1.87 bits per heavy atom. The predicted octanol–water partition coefficient (Wildman–Crippen LogP) is 5.76. The highest BCUT2D eigenvalue weighted by molar-refractivity contribution is 5.93. The summed E-state index contributed by atoms with van der Waals surface area (Å²) in [6.07, 6.45) is 9.79. The molecule has 0 radical (unpaired) electrons. The van der Waals surface area contributed by atoms with E-state index >= 15 is 0 Å².